The van der Waals surface area contributed by atoms with Crippen LogP contribution in [-0.4, -0.2) is 41.0 Å². The van der Waals surface area contributed by atoms with Crippen molar-refractivity contribution in [1.29, 1.82) is 0 Å². The molecule has 0 radical (unpaired) electrons. The van der Waals surface area contributed by atoms with Gasteiger partial charge in [-0.15, -0.1) is 11.3 Å². The van der Waals surface area contributed by atoms with Crippen molar-refractivity contribution in [3.63, 3.8) is 0 Å². The summed E-state index contributed by atoms with van der Waals surface area (Å²) in [6.45, 7) is 6.95. The summed E-state index contributed by atoms with van der Waals surface area (Å²) in [5.74, 6) is 1.41. The number of hydrogen-bond acceptors (Lipinski definition) is 5. The lowest BCUT2D eigenvalue weighted by Crippen LogP contribution is -2.28. The van der Waals surface area contributed by atoms with Crippen molar-refractivity contribution in [3.05, 3.63) is 79.2 Å². The number of rotatable bonds is 4. The van der Waals surface area contributed by atoms with Crippen LogP contribution in [0.4, 0.5) is 0 Å². The van der Waals surface area contributed by atoms with Crippen LogP contribution in [0.5, 0.6) is 5.75 Å². The predicted molar refractivity (Wildman–Crippen MR) is 118 cm³/mol. The summed E-state index contributed by atoms with van der Waals surface area (Å²) in [5.41, 5.74) is 2.80. The second-order valence-electron chi connectivity index (χ2n) is 7.80. The molecule has 30 heavy (non-hydrogen) atoms. The van der Waals surface area contributed by atoms with Gasteiger partial charge in [-0.2, -0.15) is 0 Å². The van der Waals surface area contributed by atoms with Crippen LogP contribution in [0.15, 0.2) is 41.2 Å². The third-order valence-electron chi connectivity index (χ3n) is 5.79. The molecule has 6 nitrogen and oxygen atoms in total. The summed E-state index contributed by atoms with van der Waals surface area (Å²) in [5, 5.41) is 0. The highest BCUT2D eigenvalue weighted by Gasteiger charge is 2.38. The van der Waals surface area contributed by atoms with Gasteiger partial charge in [0.1, 0.15) is 11.6 Å². The van der Waals surface area contributed by atoms with Gasteiger partial charge >= 0.3 is 0 Å². The average molecular weight is 424 g/mol. The third-order valence-corrected chi connectivity index (χ3v) is 6.93. The second-order valence-corrected chi connectivity index (χ2v) is 9.06. The minimum absolute atomic E-state index is 0.0405. The Hall–Kier alpha value is -2.93. The van der Waals surface area contributed by atoms with Crippen LogP contribution in [0.3, 0.4) is 0 Å². The van der Waals surface area contributed by atoms with E-state index in [0.717, 1.165) is 32.3 Å². The first-order valence-electron chi connectivity index (χ1n) is 9.94. The number of carbonyl (C=O) groups excluding carboxylic acids is 1. The van der Waals surface area contributed by atoms with Crippen LogP contribution in [0.1, 0.15) is 49.0 Å². The fourth-order valence-corrected chi connectivity index (χ4v) is 5.09. The van der Waals surface area contributed by atoms with E-state index in [4.69, 9.17) is 4.74 Å². The molecule has 1 N–H and O–H groups in total. The second kappa shape index (κ2) is 8.07. The number of H-pyrrole nitrogens is 1. The fraction of sp³-hybridized carbons (Fsp3) is 0.348. The number of thiophene rings is 1. The summed E-state index contributed by atoms with van der Waals surface area (Å²) in [7, 11) is 1.64. The monoisotopic (exact) mass is 423 g/mol. The lowest BCUT2D eigenvalue weighted by Gasteiger charge is -2.18. The van der Waals surface area contributed by atoms with Crippen molar-refractivity contribution < 1.29 is 9.53 Å². The molecule has 0 spiro atoms. The van der Waals surface area contributed by atoms with Crippen LogP contribution in [-0.2, 0) is 0 Å². The molecule has 1 aromatic carbocycles. The van der Waals surface area contributed by atoms with Gasteiger partial charge in [0.25, 0.3) is 11.5 Å². The van der Waals surface area contributed by atoms with Crippen LogP contribution >= 0.6 is 11.3 Å². The molecule has 0 unspecified atom stereocenters. The maximum atomic E-state index is 13.2. The van der Waals surface area contributed by atoms with E-state index in [0.29, 0.717) is 18.9 Å². The standard InChI is InChI=1S/C23H25N3O3S/c1-13-9-21(30-14(13)2)23(28)26-11-18(16-5-7-17(29-4)8-6-16)19(12-26)20-10-22(27)25-15(3)24-20/h5-10,18-19H,11-12H2,1-4H3,(H,24,25,27)/t18-,19+/m0/s1. The number of methoxy groups -OCH3 is 1. The minimum Gasteiger partial charge on any atom is -0.497 e. The van der Waals surface area contributed by atoms with Gasteiger partial charge in [-0.3, -0.25) is 9.59 Å². The van der Waals surface area contributed by atoms with Crippen molar-refractivity contribution >= 4 is 17.2 Å². The SMILES string of the molecule is COc1ccc([C@@H]2CN(C(=O)c3cc(C)c(C)s3)C[C@H]2c2cc(=O)[nH]c(C)n2)cc1. The number of nitrogens with zero attached hydrogens (tertiary/aromatic N) is 2. The van der Waals surface area contributed by atoms with Crippen molar-refractivity contribution in [2.45, 2.75) is 32.6 Å². The number of hydrogen-bond donors (Lipinski definition) is 1. The Morgan fingerprint density at radius 3 is 2.43 bits per heavy atom. The molecule has 0 aliphatic carbocycles. The molecule has 1 saturated heterocycles. The molecule has 0 bridgehead atoms. The lowest BCUT2D eigenvalue weighted by atomic mass is 9.86. The third kappa shape index (κ3) is 3.89. The number of carbonyl (C=O) groups is 1. The Bertz CT molecular complexity index is 1110. The van der Waals surface area contributed by atoms with Gasteiger partial charge in [-0.25, -0.2) is 4.98 Å². The van der Waals surface area contributed by atoms with Crippen LogP contribution < -0.4 is 10.3 Å². The van der Waals surface area contributed by atoms with E-state index in [1.54, 1.807) is 20.1 Å². The highest BCUT2D eigenvalue weighted by molar-refractivity contribution is 7.14. The first-order valence-corrected chi connectivity index (χ1v) is 10.8. The van der Waals surface area contributed by atoms with Gasteiger partial charge in [0, 0.05) is 35.9 Å². The first-order chi connectivity index (χ1) is 14.4. The maximum absolute atomic E-state index is 13.2. The highest BCUT2D eigenvalue weighted by atomic mass is 32.1. The normalized spacial score (nSPS) is 18.6. The summed E-state index contributed by atoms with van der Waals surface area (Å²) in [6, 6.07) is 11.4. The number of ether oxygens (including phenoxy) is 1. The molecular formula is C23H25N3O3S. The molecule has 4 rings (SSSR count). The summed E-state index contributed by atoms with van der Waals surface area (Å²) in [4.78, 5) is 36.4. The Morgan fingerprint density at radius 2 is 1.83 bits per heavy atom. The Labute approximate surface area is 179 Å². The zero-order chi connectivity index (χ0) is 21.4. The molecule has 1 amide bonds. The minimum atomic E-state index is -0.166. The summed E-state index contributed by atoms with van der Waals surface area (Å²) in [6.07, 6.45) is 0. The van der Waals surface area contributed by atoms with Gasteiger partial charge in [0.2, 0.25) is 0 Å². The van der Waals surface area contributed by atoms with E-state index in [-0.39, 0.29) is 23.3 Å². The van der Waals surface area contributed by atoms with Gasteiger partial charge in [0.05, 0.1) is 17.7 Å². The fourth-order valence-electron chi connectivity index (χ4n) is 4.09. The van der Waals surface area contributed by atoms with Gasteiger partial charge in [-0.1, -0.05) is 12.1 Å². The Kier molecular flexibility index (Phi) is 5.47. The Balaban J connectivity index is 1.70. The van der Waals surface area contributed by atoms with Gasteiger partial charge in [0.15, 0.2) is 0 Å². The number of likely N-dealkylation sites (tertiary alicyclic amines) is 1. The van der Waals surface area contributed by atoms with Crippen LogP contribution in [0.25, 0.3) is 0 Å². The first kappa shape index (κ1) is 20.3. The Morgan fingerprint density at radius 1 is 1.13 bits per heavy atom. The van der Waals surface area contributed by atoms with Gasteiger partial charge < -0.3 is 14.6 Å². The summed E-state index contributed by atoms with van der Waals surface area (Å²) >= 11 is 1.53. The molecule has 7 heteroatoms. The van der Waals surface area contributed by atoms with E-state index < -0.39 is 0 Å². The number of benzene rings is 1. The number of amides is 1. The molecule has 2 aromatic heterocycles. The average Bonchev–Trinajstić information content (AvgIpc) is 3.31. The van der Waals surface area contributed by atoms with Crippen molar-refractivity contribution in [1.82, 2.24) is 14.9 Å². The molecule has 3 aromatic rings. The highest BCUT2D eigenvalue weighted by Crippen LogP contribution is 2.40. The zero-order valence-electron chi connectivity index (χ0n) is 17.6. The number of nitrogens with one attached hydrogen (secondary N) is 1. The van der Waals surface area contributed by atoms with Crippen molar-refractivity contribution in [3.8, 4) is 5.75 Å². The van der Waals surface area contributed by atoms with E-state index in [1.807, 2.05) is 49.1 Å². The van der Waals surface area contributed by atoms with E-state index in [1.165, 1.54) is 11.3 Å². The lowest BCUT2D eigenvalue weighted by molar-refractivity contribution is 0.0793. The van der Waals surface area contributed by atoms with E-state index in [2.05, 4.69) is 9.97 Å². The molecule has 1 aliphatic rings. The number of aromatic nitrogens is 2. The smallest absolute Gasteiger partial charge is 0.263 e. The maximum Gasteiger partial charge on any atom is 0.263 e. The topological polar surface area (TPSA) is 75.3 Å². The quantitative estimate of drug-likeness (QED) is 0.693. The number of aryl methyl sites for hydroxylation is 3. The molecular weight excluding hydrogens is 398 g/mol. The zero-order valence-corrected chi connectivity index (χ0v) is 18.4. The van der Waals surface area contributed by atoms with E-state index in [9.17, 15) is 9.59 Å². The predicted octanol–water partition coefficient (Wildman–Crippen LogP) is 3.79. The van der Waals surface area contributed by atoms with Gasteiger partial charge in [-0.05, 0) is 50.1 Å². The molecule has 1 fully saturated rings. The number of aromatic amines is 1. The molecule has 1 aliphatic heterocycles. The van der Waals surface area contributed by atoms with Crippen LogP contribution in [0, 0.1) is 20.8 Å². The molecule has 156 valence electrons. The largest absolute Gasteiger partial charge is 0.497 e. The van der Waals surface area contributed by atoms with E-state index >= 15 is 0 Å². The van der Waals surface area contributed by atoms with Crippen LogP contribution in [0.2, 0.25) is 0 Å². The van der Waals surface area contributed by atoms with Crippen molar-refractivity contribution in [2.24, 2.45) is 0 Å². The summed E-state index contributed by atoms with van der Waals surface area (Å²) < 4.78 is 5.28. The van der Waals surface area contributed by atoms with Crippen molar-refractivity contribution in [2.75, 3.05) is 20.2 Å². The molecule has 3 heterocycles. The molecule has 0 saturated carbocycles. The molecule has 2 atom stereocenters.